The molecule has 0 aliphatic carbocycles. The van der Waals surface area contributed by atoms with Gasteiger partial charge in [0.25, 0.3) is 0 Å². The lowest BCUT2D eigenvalue weighted by Gasteiger charge is -2.12. The molecule has 0 spiro atoms. The van der Waals surface area contributed by atoms with Gasteiger partial charge < -0.3 is 20.3 Å². The van der Waals surface area contributed by atoms with Crippen LogP contribution in [0.25, 0.3) is 0 Å². The summed E-state index contributed by atoms with van der Waals surface area (Å²) in [6, 6.07) is 0. The summed E-state index contributed by atoms with van der Waals surface area (Å²) in [6.45, 7) is 0.768. The van der Waals surface area contributed by atoms with E-state index in [-0.39, 0.29) is 5.95 Å². The molecule has 0 saturated heterocycles. The first kappa shape index (κ1) is 8.86. The Morgan fingerprint density at radius 3 is 2.64 bits per heavy atom. The fourth-order valence-corrected chi connectivity index (χ4v) is 1.64. The predicted octanol–water partition coefficient (Wildman–Crippen LogP) is -0.0891. The van der Waals surface area contributed by atoms with Gasteiger partial charge >= 0.3 is 0 Å². The molecule has 0 unspecified atom stereocenters. The number of rotatable bonds is 1. The maximum Gasteiger partial charge on any atom is 0.244 e. The number of methoxy groups -OCH3 is 1. The van der Waals surface area contributed by atoms with Crippen molar-refractivity contribution in [3.8, 4) is 5.88 Å². The molecule has 1 aliphatic heterocycles. The zero-order valence-electron chi connectivity index (χ0n) is 8.48. The Morgan fingerprint density at radius 1 is 1.29 bits per heavy atom. The van der Waals surface area contributed by atoms with Crippen molar-refractivity contribution in [2.75, 3.05) is 43.4 Å². The summed E-state index contributed by atoms with van der Waals surface area (Å²) in [4.78, 5) is 12.2. The number of nitrogens with two attached hydrogens (primary N) is 1. The van der Waals surface area contributed by atoms with Crippen molar-refractivity contribution < 1.29 is 4.74 Å². The SMILES string of the molecule is COc1nc(N)nc2c1N(C)CN2C. The fraction of sp³-hybridized carbons (Fsp3) is 0.500. The summed E-state index contributed by atoms with van der Waals surface area (Å²) in [5.41, 5.74) is 6.46. The van der Waals surface area contributed by atoms with E-state index < -0.39 is 0 Å². The predicted molar refractivity (Wildman–Crippen MR) is 54.7 cm³/mol. The number of nitrogens with zero attached hydrogens (tertiary/aromatic N) is 4. The van der Waals surface area contributed by atoms with Gasteiger partial charge in [-0.3, -0.25) is 0 Å². The zero-order valence-corrected chi connectivity index (χ0v) is 8.48. The largest absolute Gasteiger partial charge is 0.479 e. The zero-order chi connectivity index (χ0) is 10.3. The number of nitrogen functional groups attached to an aromatic ring is 1. The van der Waals surface area contributed by atoms with E-state index in [1.807, 2.05) is 23.9 Å². The summed E-state index contributed by atoms with van der Waals surface area (Å²) in [5, 5.41) is 0. The van der Waals surface area contributed by atoms with Crippen LogP contribution in [0, 0.1) is 0 Å². The van der Waals surface area contributed by atoms with E-state index >= 15 is 0 Å². The van der Waals surface area contributed by atoms with Gasteiger partial charge in [-0.1, -0.05) is 0 Å². The summed E-state index contributed by atoms with van der Waals surface area (Å²) in [5.74, 6) is 1.58. The Labute approximate surface area is 82.3 Å². The van der Waals surface area contributed by atoms with Gasteiger partial charge in [-0.25, -0.2) is 0 Å². The van der Waals surface area contributed by atoms with Crippen molar-refractivity contribution in [1.29, 1.82) is 0 Å². The number of aromatic nitrogens is 2. The molecule has 0 radical (unpaired) electrons. The van der Waals surface area contributed by atoms with Gasteiger partial charge in [0.1, 0.15) is 5.69 Å². The van der Waals surface area contributed by atoms with Crippen LogP contribution < -0.4 is 20.3 Å². The van der Waals surface area contributed by atoms with Crippen LogP contribution in [-0.2, 0) is 0 Å². The lowest BCUT2D eigenvalue weighted by molar-refractivity contribution is 0.399. The first-order valence-corrected chi connectivity index (χ1v) is 4.27. The molecule has 0 bridgehead atoms. The Hall–Kier alpha value is -1.72. The minimum absolute atomic E-state index is 0.239. The molecule has 6 heteroatoms. The minimum Gasteiger partial charge on any atom is -0.479 e. The van der Waals surface area contributed by atoms with Crippen LogP contribution in [0.15, 0.2) is 0 Å². The van der Waals surface area contributed by atoms with Crippen LogP contribution in [0.2, 0.25) is 0 Å². The highest BCUT2D eigenvalue weighted by Gasteiger charge is 2.27. The summed E-state index contributed by atoms with van der Waals surface area (Å²) in [6.07, 6.45) is 0. The monoisotopic (exact) mass is 195 g/mol. The Kier molecular flexibility index (Phi) is 1.83. The molecule has 76 valence electrons. The molecule has 1 aromatic rings. The van der Waals surface area contributed by atoms with Crippen molar-refractivity contribution >= 4 is 17.5 Å². The van der Waals surface area contributed by atoms with Crippen LogP contribution in [0.1, 0.15) is 0 Å². The molecule has 0 saturated carbocycles. The number of ether oxygens (including phenoxy) is 1. The average molecular weight is 195 g/mol. The molecular weight excluding hydrogens is 182 g/mol. The summed E-state index contributed by atoms with van der Waals surface area (Å²) < 4.78 is 5.16. The molecule has 14 heavy (non-hydrogen) atoms. The smallest absolute Gasteiger partial charge is 0.244 e. The third kappa shape index (κ3) is 1.11. The molecule has 0 amide bonds. The fourth-order valence-electron chi connectivity index (χ4n) is 1.64. The Bertz CT molecular complexity index is 367. The average Bonchev–Trinajstić information content (AvgIpc) is 2.41. The molecule has 0 aromatic carbocycles. The molecule has 0 fully saturated rings. The van der Waals surface area contributed by atoms with Crippen LogP contribution in [-0.4, -0.2) is 37.8 Å². The number of hydrogen-bond donors (Lipinski definition) is 1. The topological polar surface area (TPSA) is 67.5 Å². The summed E-state index contributed by atoms with van der Waals surface area (Å²) in [7, 11) is 5.49. The molecule has 0 atom stereocenters. The van der Waals surface area contributed by atoms with Gasteiger partial charge in [0.15, 0.2) is 5.82 Å². The number of fused-ring (bicyclic) bond motifs is 1. The number of hydrogen-bond acceptors (Lipinski definition) is 6. The summed E-state index contributed by atoms with van der Waals surface area (Å²) >= 11 is 0. The molecule has 2 heterocycles. The van der Waals surface area contributed by atoms with Crippen molar-refractivity contribution in [2.24, 2.45) is 0 Å². The van der Waals surface area contributed by atoms with Gasteiger partial charge in [0.05, 0.1) is 13.8 Å². The van der Waals surface area contributed by atoms with E-state index in [9.17, 15) is 0 Å². The maximum atomic E-state index is 5.57. The third-order valence-electron chi connectivity index (χ3n) is 2.21. The Morgan fingerprint density at radius 2 is 2.00 bits per heavy atom. The third-order valence-corrected chi connectivity index (χ3v) is 2.21. The first-order valence-electron chi connectivity index (χ1n) is 4.27. The van der Waals surface area contributed by atoms with E-state index in [1.165, 1.54) is 0 Å². The van der Waals surface area contributed by atoms with Gasteiger partial charge in [-0.05, 0) is 0 Å². The lowest BCUT2D eigenvalue weighted by atomic mass is 10.4. The number of anilines is 3. The standard InChI is InChI=1S/C8H13N5O/c1-12-4-13(2)6-5(12)7(14-3)11-8(9)10-6/h4H2,1-3H3,(H2,9,10,11). The van der Waals surface area contributed by atoms with Crippen LogP contribution in [0.5, 0.6) is 5.88 Å². The molecule has 2 rings (SSSR count). The van der Waals surface area contributed by atoms with E-state index in [1.54, 1.807) is 7.11 Å². The maximum absolute atomic E-state index is 5.57. The van der Waals surface area contributed by atoms with Gasteiger partial charge in [0.2, 0.25) is 11.8 Å². The van der Waals surface area contributed by atoms with E-state index in [4.69, 9.17) is 10.5 Å². The lowest BCUT2D eigenvalue weighted by Crippen LogP contribution is -2.24. The van der Waals surface area contributed by atoms with Crippen molar-refractivity contribution in [3.63, 3.8) is 0 Å². The highest BCUT2D eigenvalue weighted by atomic mass is 16.5. The van der Waals surface area contributed by atoms with Gasteiger partial charge in [-0.2, -0.15) is 9.97 Å². The highest BCUT2D eigenvalue weighted by molar-refractivity contribution is 5.77. The van der Waals surface area contributed by atoms with E-state index in [0.717, 1.165) is 18.2 Å². The molecule has 1 aliphatic rings. The van der Waals surface area contributed by atoms with Gasteiger partial charge in [0, 0.05) is 14.1 Å². The Balaban J connectivity index is 2.60. The second-order valence-corrected chi connectivity index (χ2v) is 3.30. The second-order valence-electron chi connectivity index (χ2n) is 3.30. The minimum atomic E-state index is 0.239. The second kappa shape index (κ2) is 2.90. The van der Waals surface area contributed by atoms with Gasteiger partial charge in [-0.15, -0.1) is 0 Å². The molecule has 1 aromatic heterocycles. The molecular formula is C8H13N5O. The molecule has 6 nitrogen and oxygen atoms in total. The van der Waals surface area contributed by atoms with Crippen LogP contribution in [0.3, 0.4) is 0 Å². The van der Waals surface area contributed by atoms with Crippen molar-refractivity contribution in [2.45, 2.75) is 0 Å². The highest BCUT2D eigenvalue weighted by Crippen LogP contribution is 2.39. The quantitative estimate of drug-likeness (QED) is 0.675. The molecule has 2 N–H and O–H groups in total. The van der Waals surface area contributed by atoms with Crippen LogP contribution >= 0.6 is 0 Å². The normalized spacial score (nSPS) is 14.5. The first-order chi connectivity index (χ1) is 6.63. The van der Waals surface area contributed by atoms with E-state index in [2.05, 4.69) is 9.97 Å². The van der Waals surface area contributed by atoms with E-state index in [0.29, 0.717) is 5.88 Å². The van der Waals surface area contributed by atoms with Crippen LogP contribution in [0.4, 0.5) is 17.5 Å². The van der Waals surface area contributed by atoms with Crippen molar-refractivity contribution in [3.05, 3.63) is 0 Å². The van der Waals surface area contributed by atoms with Crippen molar-refractivity contribution in [1.82, 2.24) is 9.97 Å².